The lowest BCUT2D eigenvalue weighted by molar-refractivity contribution is -0.0500. The van der Waals surface area contributed by atoms with Gasteiger partial charge in [0, 0.05) is 11.6 Å². The van der Waals surface area contributed by atoms with Gasteiger partial charge in [-0.2, -0.15) is 21.6 Å². The molecule has 5 nitrogen and oxygen atoms in total. The van der Waals surface area contributed by atoms with Crippen LogP contribution >= 0.6 is 0 Å². The summed E-state index contributed by atoms with van der Waals surface area (Å²) in [4.78, 5) is 11.5. The predicted molar refractivity (Wildman–Crippen MR) is 82.8 cm³/mol. The first-order valence-electron chi connectivity index (χ1n) is 6.92. The Bertz CT molecular complexity index is 861. The van der Waals surface area contributed by atoms with Gasteiger partial charge in [0.25, 0.3) is 0 Å². The van der Waals surface area contributed by atoms with Crippen molar-refractivity contribution in [3.05, 3.63) is 59.7 Å². The number of ether oxygens (including phenoxy) is 1. The van der Waals surface area contributed by atoms with E-state index in [1.54, 1.807) is 30.3 Å². The van der Waals surface area contributed by atoms with E-state index in [0.29, 0.717) is 0 Å². The van der Waals surface area contributed by atoms with Crippen molar-refractivity contribution < 1.29 is 35.3 Å². The van der Waals surface area contributed by atoms with Crippen molar-refractivity contribution in [3.8, 4) is 11.5 Å². The van der Waals surface area contributed by atoms with E-state index in [0.717, 1.165) is 17.7 Å². The number of rotatable bonds is 6. The maximum Gasteiger partial charge on any atom is 0.534 e. The van der Waals surface area contributed by atoms with Gasteiger partial charge in [-0.1, -0.05) is 30.3 Å². The van der Waals surface area contributed by atoms with Crippen molar-refractivity contribution >= 4 is 15.9 Å². The fraction of sp³-hybridized carbons (Fsp3) is 0.188. The van der Waals surface area contributed by atoms with Crippen molar-refractivity contribution in [3.63, 3.8) is 0 Å². The summed E-state index contributed by atoms with van der Waals surface area (Å²) in [6.45, 7) is 1.26. The Kier molecular flexibility index (Phi) is 5.36. The molecule has 2 rings (SSSR count). The fourth-order valence-corrected chi connectivity index (χ4v) is 2.27. The van der Waals surface area contributed by atoms with E-state index in [4.69, 9.17) is 4.74 Å². The molecule has 0 saturated carbocycles. The van der Waals surface area contributed by atoms with Crippen LogP contribution in [0.5, 0.6) is 11.5 Å². The second kappa shape index (κ2) is 7.14. The molecule has 0 aliphatic heterocycles. The highest BCUT2D eigenvalue weighted by Crippen LogP contribution is 2.30. The lowest BCUT2D eigenvalue weighted by Gasteiger charge is -2.12. The Morgan fingerprint density at radius 2 is 1.64 bits per heavy atom. The second-order valence-electron chi connectivity index (χ2n) is 5.01. The molecule has 0 aliphatic carbocycles. The number of benzene rings is 2. The van der Waals surface area contributed by atoms with E-state index in [2.05, 4.69) is 4.18 Å². The third kappa shape index (κ3) is 4.96. The molecular formula is C16H13F3O5S. The van der Waals surface area contributed by atoms with Gasteiger partial charge in [0.1, 0.15) is 18.1 Å². The molecule has 0 atom stereocenters. The molecule has 0 saturated heterocycles. The van der Waals surface area contributed by atoms with Gasteiger partial charge < -0.3 is 8.92 Å². The number of alkyl halides is 3. The van der Waals surface area contributed by atoms with E-state index in [-0.39, 0.29) is 17.9 Å². The smallest absolute Gasteiger partial charge is 0.489 e. The molecular weight excluding hydrogens is 361 g/mol. The van der Waals surface area contributed by atoms with Crippen LogP contribution in [-0.2, 0) is 16.7 Å². The van der Waals surface area contributed by atoms with E-state index in [1.165, 1.54) is 13.0 Å². The van der Waals surface area contributed by atoms with Crippen molar-refractivity contribution in [2.45, 2.75) is 19.0 Å². The van der Waals surface area contributed by atoms with Gasteiger partial charge >= 0.3 is 15.6 Å². The topological polar surface area (TPSA) is 69.7 Å². The van der Waals surface area contributed by atoms with Crippen molar-refractivity contribution in [2.75, 3.05) is 0 Å². The zero-order valence-corrected chi connectivity index (χ0v) is 13.7. The van der Waals surface area contributed by atoms with Gasteiger partial charge in [-0.05, 0) is 24.6 Å². The number of hydrogen-bond donors (Lipinski definition) is 0. The molecule has 0 amide bonds. The largest absolute Gasteiger partial charge is 0.534 e. The van der Waals surface area contributed by atoms with E-state index in [1.807, 2.05) is 0 Å². The molecule has 0 spiro atoms. The Labute approximate surface area is 142 Å². The number of halogens is 3. The molecule has 0 radical (unpaired) electrons. The summed E-state index contributed by atoms with van der Waals surface area (Å²) >= 11 is 0. The van der Waals surface area contributed by atoms with Crippen molar-refractivity contribution in [2.24, 2.45) is 0 Å². The Balaban J connectivity index is 2.29. The number of carbonyl (C=O) groups is 1. The lowest BCUT2D eigenvalue weighted by atomic mass is 10.1. The highest BCUT2D eigenvalue weighted by Gasteiger charge is 2.48. The third-order valence-corrected chi connectivity index (χ3v) is 4.00. The Morgan fingerprint density at radius 1 is 1.04 bits per heavy atom. The van der Waals surface area contributed by atoms with Crippen LogP contribution < -0.4 is 8.92 Å². The second-order valence-corrected chi connectivity index (χ2v) is 6.54. The molecule has 25 heavy (non-hydrogen) atoms. The minimum atomic E-state index is -5.84. The van der Waals surface area contributed by atoms with Crippen LogP contribution in [0.2, 0.25) is 0 Å². The maximum atomic E-state index is 12.4. The van der Waals surface area contributed by atoms with Crippen LogP contribution in [0, 0.1) is 0 Å². The van der Waals surface area contributed by atoms with Crippen LogP contribution in [0.15, 0.2) is 48.5 Å². The van der Waals surface area contributed by atoms with Crippen molar-refractivity contribution in [1.29, 1.82) is 0 Å². The summed E-state index contributed by atoms with van der Waals surface area (Å²) in [5.41, 5.74) is -4.84. The molecule has 0 unspecified atom stereocenters. The number of ketones is 1. The predicted octanol–water partition coefficient (Wildman–Crippen LogP) is 3.70. The average molecular weight is 374 g/mol. The van der Waals surface area contributed by atoms with E-state index < -0.39 is 27.2 Å². The minimum absolute atomic E-state index is 0.00364. The molecule has 0 aromatic heterocycles. The van der Waals surface area contributed by atoms with E-state index >= 15 is 0 Å². The monoisotopic (exact) mass is 374 g/mol. The fourth-order valence-electron chi connectivity index (χ4n) is 1.82. The van der Waals surface area contributed by atoms with Crippen LogP contribution in [0.4, 0.5) is 13.2 Å². The molecule has 0 bridgehead atoms. The molecule has 0 heterocycles. The highest BCUT2D eigenvalue weighted by molar-refractivity contribution is 7.88. The third-order valence-electron chi connectivity index (χ3n) is 3.02. The standard InChI is InChI=1S/C16H13F3O5S/c1-11(20)13-7-14(23-10-12-5-3-2-4-6-12)9-15(8-13)24-25(21,22)16(17,18)19/h2-9H,10H2,1H3. The summed E-state index contributed by atoms with van der Waals surface area (Å²) in [5, 5.41) is 0. The summed E-state index contributed by atoms with van der Waals surface area (Å²) in [6, 6.07) is 12.0. The number of Topliss-reactive ketones (excluding diaryl/α,β-unsaturated/α-hetero) is 1. The Hall–Kier alpha value is -2.55. The molecule has 2 aromatic rings. The minimum Gasteiger partial charge on any atom is -0.489 e. The quantitative estimate of drug-likeness (QED) is 0.438. The van der Waals surface area contributed by atoms with Gasteiger partial charge in [-0.25, -0.2) is 0 Å². The van der Waals surface area contributed by atoms with Crippen LogP contribution in [0.3, 0.4) is 0 Å². The molecule has 0 fully saturated rings. The molecule has 2 aromatic carbocycles. The van der Waals surface area contributed by atoms with Crippen LogP contribution in [0.25, 0.3) is 0 Å². The zero-order chi connectivity index (χ0) is 18.7. The molecule has 9 heteroatoms. The van der Waals surface area contributed by atoms with Gasteiger partial charge in [-0.3, -0.25) is 4.79 Å². The first-order chi connectivity index (χ1) is 11.6. The summed E-state index contributed by atoms with van der Waals surface area (Å²) in [6.07, 6.45) is 0. The Morgan fingerprint density at radius 3 is 2.20 bits per heavy atom. The summed E-state index contributed by atoms with van der Waals surface area (Å²) in [7, 11) is -5.84. The normalized spacial score (nSPS) is 11.8. The highest BCUT2D eigenvalue weighted by atomic mass is 32.2. The number of hydrogen-bond acceptors (Lipinski definition) is 5. The average Bonchev–Trinajstić information content (AvgIpc) is 2.52. The first-order valence-corrected chi connectivity index (χ1v) is 8.33. The SMILES string of the molecule is CC(=O)c1cc(OCc2ccccc2)cc(OS(=O)(=O)C(F)(F)F)c1. The maximum absolute atomic E-state index is 12.4. The summed E-state index contributed by atoms with van der Waals surface area (Å²) < 4.78 is 69.0. The van der Waals surface area contributed by atoms with Crippen molar-refractivity contribution in [1.82, 2.24) is 0 Å². The van der Waals surface area contributed by atoms with Gasteiger partial charge in [-0.15, -0.1) is 0 Å². The molecule has 0 aliphatic rings. The summed E-state index contributed by atoms with van der Waals surface area (Å²) in [5.74, 6) is -1.14. The van der Waals surface area contributed by atoms with Crippen LogP contribution in [0.1, 0.15) is 22.8 Å². The molecule has 0 N–H and O–H groups in total. The van der Waals surface area contributed by atoms with E-state index in [9.17, 15) is 26.4 Å². The lowest BCUT2D eigenvalue weighted by Crippen LogP contribution is -2.28. The van der Waals surface area contributed by atoms with Gasteiger partial charge in [0.15, 0.2) is 5.78 Å². The first kappa shape index (κ1) is 18.8. The van der Waals surface area contributed by atoms with Gasteiger partial charge in [0.05, 0.1) is 0 Å². The number of carbonyl (C=O) groups excluding carboxylic acids is 1. The zero-order valence-electron chi connectivity index (χ0n) is 12.9. The van der Waals surface area contributed by atoms with Gasteiger partial charge in [0.2, 0.25) is 0 Å². The molecule has 134 valence electrons. The van der Waals surface area contributed by atoms with Crippen LogP contribution in [-0.4, -0.2) is 19.7 Å².